The number of esters is 3. The van der Waals surface area contributed by atoms with Gasteiger partial charge in [0.25, 0.3) is 0 Å². The van der Waals surface area contributed by atoms with Crippen LogP contribution in [0.15, 0.2) is 36.4 Å². The normalized spacial score (nSPS) is 45.6. The zero-order valence-corrected chi connectivity index (χ0v) is 53.2. The SMILES string of the molecule is [2H]C([2H])([2H])C([2H])(C)C([2H])([2H])C1([2H])C([2H])([2H])N2CCc3cc(OC)c(OC)cc3C2([2H])C([2H])([2H])C1([2H])OC(=O)[C@@H](N)C(C)C.[2H]C([2H])([2H])Oc1cc2c(cc1OC)C1([2H])N(CC2)C([2H])([2H])C([2H])(C([2H])([2H])C([2H])(C)C([2H])([2H])[2H])C([2H])(OC(=O)[C@@H](N)C(C)C)C1([2H])[2H].[2H]C1C2([2H])c3cc(OC)c(OC)cc3CCN2C([2H])([2H])C([2H])(C([2H])([2H])C([2H])(C)C([2H])([2H])[2H])C1([2H])OC(=O)[C@@H](N)C(C)C. The number of ether oxygens (including phenoxy) is 9. The second-order valence-corrected chi connectivity index (χ2v) is 22.5. The highest BCUT2D eigenvalue weighted by Gasteiger charge is 2.45. The number of carbonyl (C=O) groups excluding carboxylic acids is 3. The minimum atomic E-state index is -4.11. The Kier molecular flexibility index (Phi) is 12.3. The van der Waals surface area contributed by atoms with Crippen molar-refractivity contribution in [1.29, 1.82) is 0 Å². The van der Waals surface area contributed by atoms with Crippen LogP contribution in [-0.4, -0.2) is 151 Å². The van der Waals surface area contributed by atoms with E-state index in [1.54, 1.807) is 0 Å². The average molecular weight is 1300 g/mol. The number of benzene rings is 3. The molecule has 6 N–H and O–H groups in total. The largest absolute Gasteiger partial charge is 0.493 e. The van der Waals surface area contributed by atoms with Crippen molar-refractivity contribution in [3.05, 3.63) is 69.8 Å². The number of rotatable bonds is 21. The topological polar surface area (TPSA) is 222 Å². The third kappa shape index (κ3) is 17.5. The van der Waals surface area contributed by atoms with E-state index in [4.69, 9.17) is 91.4 Å². The molecule has 0 amide bonds. The van der Waals surface area contributed by atoms with Gasteiger partial charge in [-0.3, -0.25) is 29.1 Å². The molecule has 0 radical (unpaired) electrons. The second kappa shape index (κ2) is 32.5. The first-order valence-electron chi connectivity index (χ1n) is 49.6. The molecule has 9 rings (SSSR count). The quantitative estimate of drug-likeness (QED) is 0.0666. The van der Waals surface area contributed by atoms with Crippen LogP contribution in [0, 0.1) is 53.1 Å². The van der Waals surface area contributed by atoms with Gasteiger partial charge in [-0.15, -0.1) is 0 Å². The lowest BCUT2D eigenvalue weighted by Gasteiger charge is -2.47. The summed E-state index contributed by atoms with van der Waals surface area (Å²) in [6, 6.07) is -5.77. The van der Waals surface area contributed by atoms with Gasteiger partial charge in [-0.05, 0) is 144 Å². The highest BCUT2D eigenvalue weighted by atomic mass is 16.6. The fourth-order valence-corrected chi connectivity index (χ4v) is 9.71. The minimum Gasteiger partial charge on any atom is -0.493 e. The van der Waals surface area contributed by atoms with Crippen LogP contribution in [0.3, 0.4) is 0 Å². The molecular weight excluding hydrogens is 1140 g/mol. The number of nitrogens with zero attached hydrogens (tertiary/aromatic N) is 3. The van der Waals surface area contributed by atoms with Gasteiger partial charge < -0.3 is 59.8 Å². The Morgan fingerprint density at radius 2 is 0.778 bits per heavy atom. The van der Waals surface area contributed by atoms with Crippen molar-refractivity contribution in [2.75, 3.05) is 81.7 Å². The Labute approximate surface area is 597 Å². The number of carbonyl (C=O) groups is 3. The summed E-state index contributed by atoms with van der Waals surface area (Å²) in [6.45, 7) is -12.2. The van der Waals surface area contributed by atoms with Crippen LogP contribution in [0.5, 0.6) is 34.5 Å². The third-order valence-electron chi connectivity index (χ3n) is 14.8. The smallest absolute Gasteiger partial charge is 0.323 e. The van der Waals surface area contributed by atoms with Crippen LogP contribution in [-0.2, 0) is 47.9 Å². The summed E-state index contributed by atoms with van der Waals surface area (Å²) in [5, 5.41) is 0. The summed E-state index contributed by atoms with van der Waals surface area (Å²) in [4.78, 5) is 41.5. The lowest BCUT2D eigenvalue weighted by Crippen LogP contribution is -2.51. The molecule has 0 aromatic heterocycles. The van der Waals surface area contributed by atoms with Crippen LogP contribution in [0.4, 0.5) is 0 Å². The molecule has 90 heavy (non-hydrogen) atoms. The van der Waals surface area contributed by atoms with Crippen LogP contribution < -0.4 is 45.6 Å². The second-order valence-electron chi connectivity index (χ2n) is 22.5. The molecule has 6 heterocycles. The third-order valence-corrected chi connectivity index (χ3v) is 14.8. The Morgan fingerprint density at radius 1 is 0.489 bits per heavy atom. The van der Waals surface area contributed by atoms with Crippen LogP contribution in [0.25, 0.3) is 0 Å². The molecule has 3 aromatic rings. The summed E-state index contributed by atoms with van der Waals surface area (Å²) in [5.41, 5.74) is 17.8. The van der Waals surface area contributed by atoms with E-state index in [9.17, 15) is 39.1 Å². The Bertz CT molecular complexity index is 4790. The Hall–Kier alpha value is -5.37. The molecule has 6 aliphatic rings. The summed E-state index contributed by atoms with van der Waals surface area (Å²) >= 11 is 0. The first-order valence-corrected chi connectivity index (χ1v) is 29.0. The van der Waals surface area contributed by atoms with Gasteiger partial charge in [0.1, 0.15) is 36.4 Å². The maximum Gasteiger partial charge on any atom is 0.323 e. The molecule has 18 heteroatoms. The van der Waals surface area contributed by atoms with Crippen LogP contribution >= 0.6 is 0 Å². The fraction of sp³-hybridized carbons (Fsp3) is 0.708. The Morgan fingerprint density at radius 3 is 1.09 bits per heavy atom. The zero-order valence-electron chi connectivity index (χ0n) is 94.2. The van der Waals surface area contributed by atoms with E-state index in [2.05, 4.69) is 0 Å². The molecular formula is C72H114N6O12. The van der Waals surface area contributed by atoms with Gasteiger partial charge in [-0.1, -0.05) is 82.9 Å². The van der Waals surface area contributed by atoms with E-state index in [0.717, 1.165) is 19.2 Å². The Balaban J connectivity index is 0.000000269. The molecule has 6 aliphatic heterocycles. The predicted molar refractivity (Wildman–Crippen MR) is 353 cm³/mol. The van der Waals surface area contributed by atoms with Gasteiger partial charge in [-0.2, -0.15) is 0 Å². The molecule has 0 saturated carbocycles. The van der Waals surface area contributed by atoms with Gasteiger partial charge in [0.15, 0.2) is 34.5 Å². The molecule has 0 bridgehead atoms. The molecule has 0 spiro atoms. The monoisotopic (exact) mass is 1300 g/mol. The zero-order chi connectivity index (χ0) is 102. The molecule has 3 fully saturated rings. The summed E-state index contributed by atoms with van der Waals surface area (Å²) in [5.74, 6) is -28.4. The van der Waals surface area contributed by atoms with Crippen molar-refractivity contribution < 1.29 is 113 Å². The summed E-state index contributed by atoms with van der Waals surface area (Å²) in [7, 11) is 3.47. The van der Waals surface area contributed by atoms with E-state index >= 15 is 0 Å². The van der Waals surface area contributed by atoms with Crippen molar-refractivity contribution in [3.8, 4) is 34.5 Å². The number of piperidine rings is 3. The van der Waals surface area contributed by atoms with Gasteiger partial charge in [0, 0.05) is 138 Å². The van der Waals surface area contributed by atoms with E-state index in [1.165, 1.54) is 94.2 Å². The first-order chi connectivity index (χ1) is 58.4. The molecule has 0 aliphatic carbocycles. The van der Waals surface area contributed by atoms with Gasteiger partial charge in [0.2, 0.25) is 0 Å². The summed E-state index contributed by atoms with van der Waals surface area (Å²) in [6.07, 6.45) is -33.7. The van der Waals surface area contributed by atoms with Crippen molar-refractivity contribution in [1.82, 2.24) is 14.7 Å². The number of hydrogen-bond donors (Lipinski definition) is 3. The number of hydrogen-bond acceptors (Lipinski definition) is 18. The molecule has 18 nitrogen and oxygen atoms in total. The lowest BCUT2D eigenvalue weighted by atomic mass is 9.79. The average Bonchev–Trinajstić information content (AvgIpc) is 0.653. The van der Waals surface area contributed by atoms with Crippen molar-refractivity contribution in [2.45, 2.75) is 195 Å². The number of methoxy groups -OCH3 is 6. The van der Waals surface area contributed by atoms with Crippen LogP contribution in [0.1, 0.15) is 229 Å². The number of fused-ring (bicyclic) bond motifs is 9. The molecule has 3 saturated heterocycles. The highest BCUT2D eigenvalue weighted by Crippen LogP contribution is 2.48. The highest BCUT2D eigenvalue weighted by molar-refractivity contribution is 5.77. The van der Waals surface area contributed by atoms with E-state index in [-0.39, 0.29) is 82.6 Å². The van der Waals surface area contributed by atoms with Gasteiger partial charge >= 0.3 is 17.9 Å². The van der Waals surface area contributed by atoms with Crippen molar-refractivity contribution in [2.24, 2.45) is 70.3 Å². The molecule has 16 atom stereocenters. The fourth-order valence-electron chi connectivity index (χ4n) is 9.71. The van der Waals surface area contributed by atoms with Crippen molar-refractivity contribution >= 4 is 17.9 Å². The maximum atomic E-state index is 13.3. The predicted octanol–water partition coefficient (Wildman–Crippen LogP) is 10.7. The molecule has 3 aromatic carbocycles. The van der Waals surface area contributed by atoms with Gasteiger partial charge in [-0.25, -0.2) is 0 Å². The van der Waals surface area contributed by atoms with E-state index in [1.807, 2.05) is 0 Å². The molecule has 504 valence electrons. The minimum absolute atomic E-state index is 0.0136. The van der Waals surface area contributed by atoms with Crippen LogP contribution in [0.2, 0.25) is 0 Å². The van der Waals surface area contributed by atoms with Gasteiger partial charge in [0.05, 0.1) is 54.9 Å². The van der Waals surface area contributed by atoms with Crippen molar-refractivity contribution in [3.63, 3.8) is 0 Å². The van der Waals surface area contributed by atoms with E-state index in [0.29, 0.717) is 41.0 Å². The number of nitrogens with two attached hydrogens (primary N) is 3. The van der Waals surface area contributed by atoms with E-state index < -0.39 is 229 Å². The standard InChI is InChI=1S/3C24H38N2O4/c3*1-14(2)9-17-13-26-8-7-16-10-21(28-5)22(29-6)11-18(16)19(26)12-20(17)30-24(27)23(25)15(3)4/h3*10-11,14-15,17,19-20,23H,7-9,12-13,25H2,1-6H3/t3*17?,19?,20?,23-/m000/s1/i1D3,5D3,9D2,12D2,13D2,14D,17D,19D,20D;1D3,9D2,12D2,13D2,14D,17D,19D,20D;1D3,9D2,12D,13D2,14D,17D,19D,20D/t2*14?,17?,19?,20?,23-;12?,14?,17?,19?,20?,23-. The molecule has 13 unspecified atom stereocenters. The lowest BCUT2D eigenvalue weighted by molar-refractivity contribution is -0.161. The maximum absolute atomic E-state index is 13.3. The first kappa shape index (κ1) is 34.2. The summed E-state index contributed by atoms with van der Waals surface area (Å²) < 4.78 is 406.